The van der Waals surface area contributed by atoms with Gasteiger partial charge in [0.25, 0.3) is 0 Å². The summed E-state index contributed by atoms with van der Waals surface area (Å²) in [6, 6.07) is 10.4. The number of phenolic OH excluding ortho intramolecular Hbond substituents is 1. The summed E-state index contributed by atoms with van der Waals surface area (Å²) >= 11 is 6.12. The molecule has 0 aliphatic heterocycles. The summed E-state index contributed by atoms with van der Waals surface area (Å²) < 4.78 is 0. The van der Waals surface area contributed by atoms with Crippen molar-refractivity contribution in [2.24, 2.45) is 0 Å². The third-order valence-corrected chi connectivity index (χ3v) is 3.50. The van der Waals surface area contributed by atoms with E-state index in [2.05, 4.69) is 0 Å². The Hall–Kier alpha value is -1.80. The average Bonchev–Trinajstić information content (AvgIpc) is 2.37. The van der Waals surface area contributed by atoms with Crippen molar-refractivity contribution < 1.29 is 9.90 Å². The molecule has 92 valence electrons. The van der Waals surface area contributed by atoms with Gasteiger partial charge in [-0.25, -0.2) is 0 Å². The molecule has 0 saturated carbocycles. The van der Waals surface area contributed by atoms with E-state index in [0.29, 0.717) is 16.1 Å². The number of aryl methyl sites for hydroxylation is 1. The van der Waals surface area contributed by atoms with E-state index in [1.807, 2.05) is 6.07 Å². The van der Waals surface area contributed by atoms with E-state index in [1.54, 1.807) is 38.1 Å². The lowest BCUT2D eigenvalue weighted by Gasteiger charge is -2.11. The zero-order valence-corrected chi connectivity index (χ0v) is 11.0. The number of carbonyl (C=O) groups is 1. The van der Waals surface area contributed by atoms with Gasteiger partial charge in [-0.05, 0) is 31.0 Å². The van der Waals surface area contributed by atoms with Gasteiger partial charge in [-0.2, -0.15) is 0 Å². The Morgan fingerprint density at radius 2 is 1.78 bits per heavy atom. The third kappa shape index (κ3) is 2.12. The van der Waals surface area contributed by atoms with Gasteiger partial charge in [0, 0.05) is 10.6 Å². The minimum absolute atomic E-state index is 0.0248. The fourth-order valence-electron chi connectivity index (χ4n) is 1.96. The summed E-state index contributed by atoms with van der Waals surface area (Å²) in [6.07, 6.45) is 0. The minimum Gasteiger partial charge on any atom is -0.507 e. The first-order valence-corrected chi connectivity index (χ1v) is 5.98. The predicted molar refractivity (Wildman–Crippen MR) is 72.5 cm³/mol. The zero-order chi connectivity index (χ0) is 13.3. The lowest BCUT2D eigenvalue weighted by Crippen LogP contribution is -2.05. The largest absolute Gasteiger partial charge is 0.507 e. The highest BCUT2D eigenvalue weighted by Crippen LogP contribution is 2.32. The molecule has 0 aromatic heterocycles. The van der Waals surface area contributed by atoms with Crippen molar-refractivity contribution >= 4 is 17.4 Å². The van der Waals surface area contributed by atoms with Crippen LogP contribution in [-0.2, 0) is 0 Å². The lowest BCUT2D eigenvalue weighted by atomic mass is 9.96. The van der Waals surface area contributed by atoms with Crippen molar-refractivity contribution in [1.29, 1.82) is 0 Å². The van der Waals surface area contributed by atoms with E-state index in [0.717, 1.165) is 5.56 Å². The fraction of sp³-hybridized carbons (Fsp3) is 0.133. The molecule has 2 nitrogen and oxygen atoms in total. The number of hydrogen-bond acceptors (Lipinski definition) is 2. The SMILES string of the molecule is Cc1cc(O)c(C(=O)c2ccccc2)c(C)c1Cl. The average molecular weight is 261 g/mol. The van der Waals surface area contributed by atoms with Gasteiger partial charge in [-0.15, -0.1) is 0 Å². The number of hydrogen-bond donors (Lipinski definition) is 1. The molecule has 0 saturated heterocycles. The van der Waals surface area contributed by atoms with E-state index in [9.17, 15) is 9.90 Å². The van der Waals surface area contributed by atoms with Crippen LogP contribution in [0.1, 0.15) is 27.0 Å². The van der Waals surface area contributed by atoms with E-state index in [1.165, 1.54) is 6.07 Å². The molecule has 1 N–H and O–H groups in total. The molecule has 0 atom stereocenters. The van der Waals surface area contributed by atoms with Crippen molar-refractivity contribution in [3.8, 4) is 5.75 Å². The highest BCUT2D eigenvalue weighted by Gasteiger charge is 2.19. The molecule has 0 heterocycles. The van der Waals surface area contributed by atoms with Crippen molar-refractivity contribution in [2.75, 3.05) is 0 Å². The maximum atomic E-state index is 12.3. The molecule has 0 fully saturated rings. The summed E-state index contributed by atoms with van der Waals surface area (Å²) in [5.74, 6) is -0.240. The second-order valence-electron chi connectivity index (χ2n) is 4.22. The van der Waals surface area contributed by atoms with Gasteiger partial charge < -0.3 is 5.11 Å². The standard InChI is InChI=1S/C15H13ClO2/c1-9-8-12(17)13(10(2)14(9)16)15(18)11-6-4-3-5-7-11/h3-8,17H,1-2H3. The fourth-order valence-corrected chi connectivity index (χ4v) is 2.11. The highest BCUT2D eigenvalue weighted by molar-refractivity contribution is 6.33. The quantitative estimate of drug-likeness (QED) is 0.832. The van der Waals surface area contributed by atoms with Crippen molar-refractivity contribution in [2.45, 2.75) is 13.8 Å². The summed E-state index contributed by atoms with van der Waals surface area (Å²) in [6.45, 7) is 3.54. The molecule has 2 aromatic carbocycles. The van der Waals surface area contributed by atoms with Crippen LogP contribution >= 0.6 is 11.6 Å². The maximum absolute atomic E-state index is 12.3. The number of aromatic hydroxyl groups is 1. The Bertz CT molecular complexity index is 604. The van der Waals surface area contributed by atoms with Crippen molar-refractivity contribution in [3.05, 3.63) is 63.7 Å². The first-order valence-electron chi connectivity index (χ1n) is 5.60. The van der Waals surface area contributed by atoms with E-state index < -0.39 is 0 Å². The normalized spacial score (nSPS) is 10.4. The van der Waals surface area contributed by atoms with Crippen LogP contribution in [0.5, 0.6) is 5.75 Å². The van der Waals surface area contributed by atoms with Gasteiger partial charge in [0.2, 0.25) is 0 Å². The van der Waals surface area contributed by atoms with E-state index in [-0.39, 0.29) is 17.1 Å². The molecule has 3 heteroatoms. The minimum atomic E-state index is -0.215. The molecule has 2 rings (SSSR count). The number of rotatable bonds is 2. The number of benzene rings is 2. The zero-order valence-electron chi connectivity index (χ0n) is 10.2. The van der Waals surface area contributed by atoms with Crippen LogP contribution in [0, 0.1) is 13.8 Å². The van der Waals surface area contributed by atoms with Gasteiger partial charge in [-0.3, -0.25) is 4.79 Å². The number of phenols is 1. The van der Waals surface area contributed by atoms with Crippen LogP contribution in [0.15, 0.2) is 36.4 Å². The molecule has 0 aliphatic carbocycles. The van der Waals surface area contributed by atoms with Crippen molar-refractivity contribution in [3.63, 3.8) is 0 Å². The van der Waals surface area contributed by atoms with Crippen LogP contribution in [0.4, 0.5) is 0 Å². The Kier molecular flexibility index (Phi) is 3.39. The van der Waals surface area contributed by atoms with Gasteiger partial charge in [0.1, 0.15) is 5.75 Å². The molecule has 0 amide bonds. The summed E-state index contributed by atoms with van der Waals surface area (Å²) in [5, 5.41) is 10.5. The van der Waals surface area contributed by atoms with Crippen LogP contribution < -0.4 is 0 Å². The molecule has 18 heavy (non-hydrogen) atoms. The van der Waals surface area contributed by atoms with Gasteiger partial charge in [0.15, 0.2) is 5.78 Å². The van der Waals surface area contributed by atoms with E-state index >= 15 is 0 Å². The second kappa shape index (κ2) is 4.83. The monoisotopic (exact) mass is 260 g/mol. The Labute approximate surface area is 111 Å². The Balaban J connectivity index is 2.59. The molecule has 0 aliphatic rings. The van der Waals surface area contributed by atoms with Gasteiger partial charge >= 0.3 is 0 Å². The molecular weight excluding hydrogens is 248 g/mol. The van der Waals surface area contributed by atoms with E-state index in [4.69, 9.17) is 11.6 Å². The van der Waals surface area contributed by atoms with Crippen molar-refractivity contribution in [1.82, 2.24) is 0 Å². The lowest BCUT2D eigenvalue weighted by molar-refractivity contribution is 0.103. The second-order valence-corrected chi connectivity index (χ2v) is 4.60. The van der Waals surface area contributed by atoms with Crippen LogP contribution in [0.25, 0.3) is 0 Å². The molecule has 0 radical (unpaired) electrons. The first kappa shape index (κ1) is 12.7. The Morgan fingerprint density at radius 1 is 1.17 bits per heavy atom. The third-order valence-electron chi connectivity index (χ3n) is 2.92. The number of ketones is 1. The topological polar surface area (TPSA) is 37.3 Å². The molecule has 0 unspecified atom stereocenters. The molecule has 0 bridgehead atoms. The predicted octanol–water partition coefficient (Wildman–Crippen LogP) is 3.89. The summed E-state index contributed by atoms with van der Waals surface area (Å²) in [7, 11) is 0. The molecule has 0 spiro atoms. The maximum Gasteiger partial charge on any atom is 0.197 e. The number of carbonyl (C=O) groups excluding carboxylic acids is 1. The first-order chi connectivity index (χ1) is 8.52. The van der Waals surface area contributed by atoms with Crippen LogP contribution in [0.3, 0.4) is 0 Å². The van der Waals surface area contributed by atoms with Crippen LogP contribution in [-0.4, -0.2) is 10.9 Å². The number of halogens is 1. The summed E-state index contributed by atoms with van der Waals surface area (Å²) in [5.41, 5.74) is 2.19. The van der Waals surface area contributed by atoms with Crippen LogP contribution in [0.2, 0.25) is 5.02 Å². The smallest absolute Gasteiger partial charge is 0.197 e. The highest BCUT2D eigenvalue weighted by atomic mass is 35.5. The summed E-state index contributed by atoms with van der Waals surface area (Å²) in [4.78, 5) is 12.3. The van der Waals surface area contributed by atoms with Gasteiger partial charge in [0.05, 0.1) is 5.56 Å². The molecule has 2 aromatic rings. The van der Waals surface area contributed by atoms with Gasteiger partial charge in [-0.1, -0.05) is 41.9 Å². The Morgan fingerprint density at radius 3 is 2.39 bits per heavy atom. The molecular formula is C15H13ClO2.